The number of aromatic nitrogens is 1. The molecule has 1 aliphatic heterocycles. The molecule has 23 heavy (non-hydrogen) atoms. The van der Waals surface area contributed by atoms with Gasteiger partial charge in [-0.15, -0.1) is 0 Å². The monoisotopic (exact) mass is 309 g/mol. The number of rotatable bonds is 0. The maximum absolute atomic E-state index is 8.89. The Morgan fingerprint density at radius 3 is 2.57 bits per heavy atom. The Bertz CT molecular complexity index is 746. The molecular formula is C20H23NO2. The topological polar surface area (TPSA) is 44.0 Å². The summed E-state index contributed by atoms with van der Waals surface area (Å²) in [6.07, 6.45) is 6.45. The van der Waals surface area contributed by atoms with Gasteiger partial charge in [0.1, 0.15) is 0 Å². The fourth-order valence-electron chi connectivity index (χ4n) is 3.86. The van der Waals surface area contributed by atoms with Crippen molar-refractivity contribution in [3.63, 3.8) is 0 Å². The summed E-state index contributed by atoms with van der Waals surface area (Å²) < 4.78 is 2.62. The molecule has 0 spiro atoms. The Labute approximate surface area is 137 Å². The lowest BCUT2D eigenvalue weighted by Gasteiger charge is -2.22. The summed E-state index contributed by atoms with van der Waals surface area (Å²) in [5, 5.41) is 8.89. The van der Waals surface area contributed by atoms with Crippen LogP contribution in [0.3, 0.4) is 0 Å². The van der Waals surface area contributed by atoms with Crippen LogP contribution < -0.4 is 9.67 Å². The molecule has 0 radical (unpaired) electrons. The minimum atomic E-state index is -1.08. The summed E-state index contributed by atoms with van der Waals surface area (Å²) in [6.45, 7) is 4.42. The Morgan fingerprint density at radius 2 is 1.78 bits per heavy atom. The second-order valence-corrected chi connectivity index (χ2v) is 6.41. The minimum Gasteiger partial charge on any atom is -0.550 e. The quantitative estimate of drug-likeness (QED) is 0.700. The molecule has 4 rings (SSSR count). The molecule has 1 aromatic heterocycles. The van der Waals surface area contributed by atoms with Gasteiger partial charge in [-0.2, -0.15) is 4.57 Å². The predicted octanol–water partition coefficient (Wildman–Crippen LogP) is 2.14. The first-order chi connectivity index (χ1) is 11.1. The Hall–Kier alpha value is -2.16. The molecule has 0 saturated carbocycles. The standard InChI is InChI=1S/C18H20N.C2H4O2/c1-13-12-15-7-3-5-9-17(15)19-11-10-14-6-2-4-8-16(14)18(13)19;1-2(3)4/h2,4,6,8,12H,3,5,7,9-11H2,1H3;1H3,(H,3,4)/q+1;/p-1. The third-order valence-corrected chi connectivity index (χ3v) is 4.72. The molecule has 2 aliphatic rings. The number of aliphatic carboxylic acids is 1. The summed E-state index contributed by atoms with van der Waals surface area (Å²) in [5.74, 6) is -1.08. The number of nitrogens with zero attached hydrogens (tertiary/aromatic N) is 1. The van der Waals surface area contributed by atoms with Crippen molar-refractivity contribution >= 4 is 5.97 Å². The summed E-state index contributed by atoms with van der Waals surface area (Å²) in [7, 11) is 0. The van der Waals surface area contributed by atoms with E-state index in [0.717, 1.165) is 13.5 Å². The smallest absolute Gasteiger partial charge is 0.215 e. The SMILES string of the molecule is CC(=O)[O-].Cc1cc2c([n+]3c1-c1ccccc1CC3)CCCC2. The molecule has 120 valence electrons. The highest BCUT2D eigenvalue weighted by Crippen LogP contribution is 2.31. The van der Waals surface area contributed by atoms with Gasteiger partial charge in [-0.1, -0.05) is 18.2 Å². The highest BCUT2D eigenvalue weighted by atomic mass is 16.4. The number of benzene rings is 1. The van der Waals surface area contributed by atoms with Crippen molar-refractivity contribution in [1.29, 1.82) is 0 Å². The third kappa shape index (κ3) is 3.14. The number of aryl methyl sites for hydroxylation is 3. The zero-order valence-electron chi connectivity index (χ0n) is 13.9. The molecule has 2 heterocycles. The molecule has 0 atom stereocenters. The van der Waals surface area contributed by atoms with E-state index in [4.69, 9.17) is 9.90 Å². The average molecular weight is 309 g/mol. The van der Waals surface area contributed by atoms with Crippen LogP contribution in [-0.2, 0) is 30.6 Å². The van der Waals surface area contributed by atoms with Crippen LogP contribution in [0.15, 0.2) is 30.3 Å². The molecule has 0 N–H and O–H groups in total. The molecule has 0 unspecified atom stereocenters. The Kier molecular flexibility index (Phi) is 4.46. The highest BCUT2D eigenvalue weighted by molar-refractivity contribution is 5.65. The van der Waals surface area contributed by atoms with Gasteiger partial charge >= 0.3 is 0 Å². The number of hydrogen-bond donors (Lipinski definition) is 0. The molecule has 1 aliphatic carbocycles. The lowest BCUT2D eigenvalue weighted by Crippen LogP contribution is -2.46. The van der Waals surface area contributed by atoms with Gasteiger partial charge in [-0.25, -0.2) is 0 Å². The lowest BCUT2D eigenvalue weighted by atomic mass is 9.89. The van der Waals surface area contributed by atoms with E-state index in [1.807, 2.05) is 0 Å². The fraction of sp³-hybridized carbons (Fsp3) is 0.400. The minimum absolute atomic E-state index is 0.972. The van der Waals surface area contributed by atoms with Gasteiger partial charge in [-0.05, 0) is 50.8 Å². The van der Waals surface area contributed by atoms with Crippen LogP contribution in [0.5, 0.6) is 0 Å². The first-order valence-corrected chi connectivity index (χ1v) is 8.39. The van der Waals surface area contributed by atoms with Crippen LogP contribution in [0, 0.1) is 6.92 Å². The zero-order valence-corrected chi connectivity index (χ0v) is 13.9. The van der Waals surface area contributed by atoms with Crippen molar-refractivity contribution < 1.29 is 14.5 Å². The third-order valence-electron chi connectivity index (χ3n) is 4.72. The highest BCUT2D eigenvalue weighted by Gasteiger charge is 2.30. The van der Waals surface area contributed by atoms with E-state index in [-0.39, 0.29) is 0 Å². The molecule has 2 aromatic rings. The molecule has 0 fully saturated rings. The lowest BCUT2D eigenvalue weighted by molar-refractivity contribution is -0.695. The van der Waals surface area contributed by atoms with E-state index in [1.54, 1.807) is 11.3 Å². The van der Waals surface area contributed by atoms with Crippen molar-refractivity contribution in [2.24, 2.45) is 0 Å². The second-order valence-electron chi connectivity index (χ2n) is 6.41. The van der Waals surface area contributed by atoms with Crippen molar-refractivity contribution in [2.45, 2.75) is 52.5 Å². The van der Waals surface area contributed by atoms with E-state index < -0.39 is 5.97 Å². The van der Waals surface area contributed by atoms with Gasteiger partial charge in [-0.3, -0.25) is 0 Å². The number of hydrogen-bond acceptors (Lipinski definition) is 2. The summed E-state index contributed by atoms with van der Waals surface area (Å²) in [4.78, 5) is 8.89. The van der Waals surface area contributed by atoms with E-state index in [1.165, 1.54) is 54.5 Å². The maximum Gasteiger partial charge on any atom is 0.215 e. The van der Waals surface area contributed by atoms with Gasteiger partial charge < -0.3 is 9.90 Å². The molecule has 3 nitrogen and oxygen atoms in total. The van der Waals surface area contributed by atoms with E-state index in [2.05, 4.69) is 41.8 Å². The molecule has 1 aromatic carbocycles. The van der Waals surface area contributed by atoms with Crippen LogP contribution in [0.25, 0.3) is 11.3 Å². The Morgan fingerprint density at radius 1 is 1.09 bits per heavy atom. The molecular weight excluding hydrogens is 286 g/mol. The summed E-state index contributed by atoms with van der Waals surface area (Å²) in [5.41, 5.74) is 9.12. The van der Waals surface area contributed by atoms with E-state index in [0.29, 0.717) is 0 Å². The first kappa shape index (κ1) is 15.7. The first-order valence-electron chi connectivity index (χ1n) is 8.39. The van der Waals surface area contributed by atoms with Gasteiger partial charge in [0.15, 0.2) is 12.2 Å². The van der Waals surface area contributed by atoms with E-state index >= 15 is 0 Å². The van der Waals surface area contributed by atoms with Crippen LogP contribution in [0.4, 0.5) is 0 Å². The number of carboxylic acids is 1. The van der Waals surface area contributed by atoms with E-state index in [9.17, 15) is 0 Å². The normalized spacial score (nSPS) is 14.7. The van der Waals surface area contributed by atoms with Gasteiger partial charge in [0.2, 0.25) is 5.69 Å². The number of carbonyl (C=O) groups is 1. The van der Waals surface area contributed by atoms with Crippen LogP contribution in [0.2, 0.25) is 0 Å². The molecule has 3 heteroatoms. The van der Waals surface area contributed by atoms with Gasteiger partial charge in [0.25, 0.3) is 0 Å². The van der Waals surface area contributed by atoms with Crippen molar-refractivity contribution in [1.82, 2.24) is 0 Å². The van der Waals surface area contributed by atoms with Gasteiger partial charge in [0.05, 0.1) is 0 Å². The van der Waals surface area contributed by atoms with Crippen molar-refractivity contribution in [3.05, 3.63) is 52.7 Å². The van der Waals surface area contributed by atoms with Crippen molar-refractivity contribution in [2.75, 3.05) is 0 Å². The summed E-state index contributed by atoms with van der Waals surface area (Å²) >= 11 is 0. The maximum atomic E-state index is 8.89. The average Bonchev–Trinajstić information content (AvgIpc) is 2.54. The number of fused-ring (bicyclic) bond motifs is 5. The molecule has 0 amide bonds. The van der Waals surface area contributed by atoms with Crippen LogP contribution in [-0.4, -0.2) is 5.97 Å². The van der Waals surface area contributed by atoms with Crippen LogP contribution >= 0.6 is 0 Å². The number of pyridine rings is 1. The van der Waals surface area contributed by atoms with Crippen molar-refractivity contribution in [3.8, 4) is 11.3 Å². The zero-order chi connectivity index (χ0) is 16.4. The largest absolute Gasteiger partial charge is 0.550 e. The van der Waals surface area contributed by atoms with Crippen LogP contribution in [0.1, 0.15) is 42.1 Å². The fourth-order valence-corrected chi connectivity index (χ4v) is 3.86. The summed E-state index contributed by atoms with van der Waals surface area (Å²) in [6, 6.07) is 11.4. The molecule has 0 bridgehead atoms. The predicted molar refractivity (Wildman–Crippen MR) is 87.8 cm³/mol. The number of carbonyl (C=O) groups excluding carboxylic acids is 1. The molecule has 0 saturated heterocycles. The second kappa shape index (κ2) is 6.53. The number of carboxylic acid groups (broad SMARTS) is 1. The van der Waals surface area contributed by atoms with Gasteiger partial charge in [0, 0.05) is 35.5 Å². The Balaban J connectivity index is 0.000000354.